The highest BCUT2D eigenvalue weighted by Gasteiger charge is 2.34. The molecule has 0 heterocycles. The molecule has 0 saturated carbocycles. The van der Waals surface area contributed by atoms with E-state index in [0.29, 0.717) is 22.8 Å². The van der Waals surface area contributed by atoms with Crippen LogP contribution in [0, 0.1) is 11.3 Å². The van der Waals surface area contributed by atoms with Gasteiger partial charge in [0.05, 0.1) is 38.5 Å². The van der Waals surface area contributed by atoms with E-state index < -0.39 is 17.3 Å². The Morgan fingerprint density at radius 1 is 0.875 bits per heavy atom. The van der Waals surface area contributed by atoms with Gasteiger partial charge < -0.3 is 14.2 Å². The lowest BCUT2D eigenvalue weighted by molar-refractivity contribution is -0.137. The maximum absolute atomic E-state index is 13.1. The van der Waals surface area contributed by atoms with E-state index in [1.807, 2.05) is 0 Å². The van der Waals surface area contributed by atoms with Crippen LogP contribution in [0.4, 0.5) is 13.2 Å². The van der Waals surface area contributed by atoms with E-state index in [-0.39, 0.29) is 5.56 Å². The SMILES string of the molecule is COc1cc(-c2ccc(C#N)c(C(F)(F)F)c2)cc(OC)c1OC. The van der Waals surface area contributed by atoms with Crippen LogP contribution in [0.1, 0.15) is 11.1 Å². The highest BCUT2D eigenvalue weighted by atomic mass is 19.4. The smallest absolute Gasteiger partial charge is 0.417 e. The van der Waals surface area contributed by atoms with Crippen LogP contribution in [0.5, 0.6) is 17.2 Å². The van der Waals surface area contributed by atoms with E-state index in [0.717, 1.165) is 12.1 Å². The number of nitriles is 1. The summed E-state index contributed by atoms with van der Waals surface area (Å²) in [5, 5.41) is 8.87. The Balaban J connectivity index is 2.67. The fraction of sp³-hybridized carbons (Fsp3) is 0.235. The molecule has 0 bridgehead atoms. The Labute approximate surface area is 137 Å². The van der Waals surface area contributed by atoms with Gasteiger partial charge in [-0.25, -0.2) is 0 Å². The molecule has 0 aliphatic rings. The standard InChI is InChI=1S/C17H14F3NO3/c1-22-14-7-12(8-15(23-2)16(14)24-3)10-4-5-11(9-21)13(6-10)17(18,19)20/h4-8H,1-3H3. The molecule has 0 spiro atoms. The monoisotopic (exact) mass is 337 g/mol. The molecule has 2 aromatic rings. The second kappa shape index (κ2) is 6.71. The second-order valence-corrected chi connectivity index (χ2v) is 4.78. The average Bonchev–Trinajstić information content (AvgIpc) is 2.58. The van der Waals surface area contributed by atoms with Gasteiger partial charge in [-0.2, -0.15) is 18.4 Å². The van der Waals surface area contributed by atoms with E-state index in [4.69, 9.17) is 19.5 Å². The van der Waals surface area contributed by atoms with Crippen molar-refractivity contribution in [1.29, 1.82) is 5.26 Å². The molecule has 24 heavy (non-hydrogen) atoms. The molecule has 0 aromatic heterocycles. The number of ether oxygens (including phenoxy) is 3. The first-order valence-electron chi connectivity index (χ1n) is 6.77. The Hall–Kier alpha value is -2.88. The third-order valence-corrected chi connectivity index (χ3v) is 3.44. The van der Waals surface area contributed by atoms with Crippen LogP contribution in [0.3, 0.4) is 0 Å². The van der Waals surface area contributed by atoms with Gasteiger partial charge in [-0.1, -0.05) is 6.07 Å². The summed E-state index contributed by atoms with van der Waals surface area (Å²) >= 11 is 0. The lowest BCUT2D eigenvalue weighted by atomic mass is 9.98. The Kier molecular flexibility index (Phi) is 4.88. The summed E-state index contributed by atoms with van der Waals surface area (Å²) in [7, 11) is 4.27. The maximum atomic E-state index is 13.1. The highest BCUT2D eigenvalue weighted by molar-refractivity contribution is 5.72. The molecule has 0 saturated heterocycles. The second-order valence-electron chi connectivity index (χ2n) is 4.78. The Morgan fingerprint density at radius 2 is 1.46 bits per heavy atom. The number of nitrogens with zero attached hydrogens (tertiary/aromatic N) is 1. The van der Waals surface area contributed by atoms with E-state index >= 15 is 0 Å². The normalized spacial score (nSPS) is 10.9. The quantitative estimate of drug-likeness (QED) is 0.836. The number of hydrogen-bond acceptors (Lipinski definition) is 4. The van der Waals surface area contributed by atoms with Crippen LogP contribution >= 0.6 is 0 Å². The minimum absolute atomic E-state index is 0.278. The van der Waals surface area contributed by atoms with Crippen LogP contribution < -0.4 is 14.2 Å². The number of alkyl halides is 3. The number of rotatable bonds is 4. The van der Waals surface area contributed by atoms with Crippen molar-refractivity contribution in [2.45, 2.75) is 6.18 Å². The fourth-order valence-corrected chi connectivity index (χ4v) is 2.30. The molecule has 7 heteroatoms. The summed E-state index contributed by atoms with van der Waals surface area (Å²) in [5.74, 6) is 0.989. The third kappa shape index (κ3) is 3.23. The van der Waals surface area contributed by atoms with Gasteiger partial charge in [0.2, 0.25) is 5.75 Å². The van der Waals surface area contributed by atoms with E-state index in [1.54, 1.807) is 18.2 Å². The summed E-state index contributed by atoms with van der Waals surface area (Å²) < 4.78 is 55.0. The molecule has 0 fully saturated rings. The number of hydrogen-bond donors (Lipinski definition) is 0. The molecule has 0 aliphatic heterocycles. The summed E-state index contributed by atoms with van der Waals surface area (Å²) in [5.41, 5.74) is -0.699. The summed E-state index contributed by atoms with van der Waals surface area (Å²) in [6.07, 6.45) is -4.62. The van der Waals surface area contributed by atoms with E-state index in [9.17, 15) is 13.2 Å². The van der Waals surface area contributed by atoms with Crippen molar-refractivity contribution in [2.75, 3.05) is 21.3 Å². The summed E-state index contributed by atoms with van der Waals surface area (Å²) in [6.45, 7) is 0. The minimum Gasteiger partial charge on any atom is -0.493 e. The van der Waals surface area contributed by atoms with Gasteiger partial charge in [-0.15, -0.1) is 0 Å². The van der Waals surface area contributed by atoms with Gasteiger partial charge >= 0.3 is 6.18 Å². The molecule has 4 nitrogen and oxygen atoms in total. The minimum atomic E-state index is -4.62. The summed E-state index contributed by atoms with van der Waals surface area (Å²) in [4.78, 5) is 0. The lowest BCUT2D eigenvalue weighted by Gasteiger charge is -2.15. The van der Waals surface area contributed by atoms with Gasteiger partial charge in [-0.3, -0.25) is 0 Å². The zero-order valence-electron chi connectivity index (χ0n) is 13.2. The molecule has 0 aliphatic carbocycles. The third-order valence-electron chi connectivity index (χ3n) is 3.44. The van der Waals surface area contributed by atoms with Crippen LogP contribution in [-0.4, -0.2) is 21.3 Å². The maximum Gasteiger partial charge on any atom is 0.417 e. The first kappa shape index (κ1) is 17.5. The Bertz CT molecular complexity index is 770. The zero-order chi connectivity index (χ0) is 17.9. The largest absolute Gasteiger partial charge is 0.493 e. The van der Waals surface area contributed by atoms with Crippen molar-refractivity contribution in [1.82, 2.24) is 0 Å². The fourth-order valence-electron chi connectivity index (χ4n) is 2.30. The first-order valence-corrected chi connectivity index (χ1v) is 6.77. The molecule has 0 amide bonds. The predicted octanol–water partition coefficient (Wildman–Crippen LogP) is 4.27. The molecular formula is C17H14F3NO3. The average molecular weight is 337 g/mol. The highest BCUT2D eigenvalue weighted by Crippen LogP contribution is 2.42. The van der Waals surface area contributed by atoms with Gasteiger partial charge in [-0.05, 0) is 35.4 Å². The van der Waals surface area contributed by atoms with Crippen molar-refractivity contribution in [3.8, 4) is 34.4 Å². The lowest BCUT2D eigenvalue weighted by Crippen LogP contribution is -2.08. The number of methoxy groups -OCH3 is 3. The van der Waals surface area contributed by atoms with Crippen LogP contribution in [0.25, 0.3) is 11.1 Å². The van der Waals surface area contributed by atoms with Gasteiger partial charge in [0.25, 0.3) is 0 Å². The van der Waals surface area contributed by atoms with Crippen LogP contribution in [0.15, 0.2) is 30.3 Å². The van der Waals surface area contributed by atoms with Crippen LogP contribution in [0.2, 0.25) is 0 Å². The molecule has 2 aromatic carbocycles. The molecule has 0 atom stereocenters. The van der Waals surface area contributed by atoms with Gasteiger partial charge in [0, 0.05) is 0 Å². The first-order chi connectivity index (χ1) is 11.3. The molecule has 0 radical (unpaired) electrons. The van der Waals surface area contributed by atoms with Crippen molar-refractivity contribution in [3.63, 3.8) is 0 Å². The summed E-state index contributed by atoms with van der Waals surface area (Å²) in [6, 6.07) is 8.15. The number of halogens is 3. The van der Waals surface area contributed by atoms with E-state index in [2.05, 4.69) is 0 Å². The van der Waals surface area contributed by atoms with Crippen molar-refractivity contribution >= 4 is 0 Å². The predicted molar refractivity (Wildman–Crippen MR) is 81.3 cm³/mol. The topological polar surface area (TPSA) is 51.5 Å². The molecule has 0 N–H and O–H groups in total. The van der Waals surface area contributed by atoms with E-state index in [1.165, 1.54) is 27.4 Å². The number of benzene rings is 2. The van der Waals surface area contributed by atoms with Crippen molar-refractivity contribution in [3.05, 3.63) is 41.5 Å². The molecule has 2 rings (SSSR count). The molecular weight excluding hydrogens is 323 g/mol. The van der Waals surface area contributed by atoms with Crippen molar-refractivity contribution < 1.29 is 27.4 Å². The molecule has 126 valence electrons. The Morgan fingerprint density at radius 3 is 1.88 bits per heavy atom. The van der Waals surface area contributed by atoms with Crippen molar-refractivity contribution in [2.24, 2.45) is 0 Å². The zero-order valence-corrected chi connectivity index (χ0v) is 13.2. The van der Waals surface area contributed by atoms with Gasteiger partial charge in [0.15, 0.2) is 11.5 Å². The van der Waals surface area contributed by atoms with Crippen LogP contribution in [-0.2, 0) is 6.18 Å². The van der Waals surface area contributed by atoms with Gasteiger partial charge in [0.1, 0.15) is 0 Å². The molecule has 0 unspecified atom stereocenters.